The second kappa shape index (κ2) is 8.03. The molecule has 1 N–H and O–H groups in total. The number of benzene rings is 2. The lowest BCUT2D eigenvalue weighted by Gasteiger charge is -2.09. The van der Waals surface area contributed by atoms with Crippen LogP contribution >= 0.6 is 0 Å². The van der Waals surface area contributed by atoms with E-state index in [1.165, 1.54) is 0 Å². The first-order chi connectivity index (χ1) is 11.1. The van der Waals surface area contributed by atoms with E-state index < -0.39 is 0 Å². The second-order valence-electron chi connectivity index (χ2n) is 5.11. The third kappa shape index (κ3) is 4.88. The number of allylic oxidation sites excluding steroid dienone is 1. The molecule has 0 atom stereocenters. The van der Waals surface area contributed by atoms with Crippen molar-refractivity contribution in [1.82, 2.24) is 0 Å². The van der Waals surface area contributed by atoms with Crippen LogP contribution in [0.2, 0.25) is 0 Å². The molecule has 0 aliphatic carbocycles. The Morgan fingerprint density at radius 1 is 0.913 bits per heavy atom. The van der Waals surface area contributed by atoms with Crippen LogP contribution in [0.1, 0.15) is 18.4 Å². The highest BCUT2D eigenvalue weighted by Gasteiger charge is 2.06. The van der Waals surface area contributed by atoms with E-state index in [1.54, 1.807) is 14.2 Å². The molecule has 2 aromatic carbocycles. The summed E-state index contributed by atoms with van der Waals surface area (Å²) in [6, 6.07) is 14.9. The summed E-state index contributed by atoms with van der Waals surface area (Å²) in [6.45, 7) is 4.04. The molecule has 0 heterocycles. The minimum atomic E-state index is -0.0372. The van der Waals surface area contributed by atoms with Crippen molar-refractivity contribution in [1.29, 1.82) is 0 Å². The van der Waals surface area contributed by atoms with Crippen molar-refractivity contribution in [2.45, 2.75) is 12.8 Å². The molecule has 1 amide bonds. The number of amides is 1. The molecular formula is C19H21NO3. The van der Waals surface area contributed by atoms with Crippen LogP contribution in [-0.2, 0) is 4.79 Å². The second-order valence-corrected chi connectivity index (χ2v) is 5.11. The molecule has 0 saturated heterocycles. The standard InChI is InChI=1S/C19H21NO3/c1-14(15-5-9-17(22-2)10-6-15)4-13-19(21)20-16-7-11-18(23-3)12-8-16/h5-12H,1,4,13H2,2-3H3,(H,20,21). The van der Waals surface area contributed by atoms with Crippen LogP contribution in [0.15, 0.2) is 55.1 Å². The van der Waals surface area contributed by atoms with Crippen molar-refractivity contribution in [3.8, 4) is 11.5 Å². The number of nitrogens with one attached hydrogen (secondary N) is 1. The van der Waals surface area contributed by atoms with E-state index in [2.05, 4.69) is 11.9 Å². The van der Waals surface area contributed by atoms with Crippen molar-refractivity contribution in [3.63, 3.8) is 0 Å². The van der Waals surface area contributed by atoms with Crippen LogP contribution in [0.3, 0.4) is 0 Å². The SMILES string of the molecule is C=C(CCC(=O)Nc1ccc(OC)cc1)c1ccc(OC)cc1. The van der Waals surface area contributed by atoms with Crippen LogP contribution < -0.4 is 14.8 Å². The first-order valence-electron chi connectivity index (χ1n) is 7.38. The van der Waals surface area contributed by atoms with Crippen LogP contribution in [0.5, 0.6) is 11.5 Å². The van der Waals surface area contributed by atoms with Gasteiger partial charge in [0.25, 0.3) is 0 Å². The lowest BCUT2D eigenvalue weighted by molar-refractivity contribution is -0.116. The Kier molecular flexibility index (Phi) is 5.80. The van der Waals surface area contributed by atoms with Crippen molar-refractivity contribution in [2.75, 3.05) is 19.5 Å². The fourth-order valence-corrected chi connectivity index (χ4v) is 2.13. The maximum atomic E-state index is 12.0. The third-order valence-corrected chi connectivity index (χ3v) is 3.53. The smallest absolute Gasteiger partial charge is 0.224 e. The molecule has 0 saturated carbocycles. The van der Waals surface area contributed by atoms with Gasteiger partial charge in [0, 0.05) is 12.1 Å². The number of hydrogen-bond acceptors (Lipinski definition) is 3. The highest BCUT2D eigenvalue weighted by atomic mass is 16.5. The van der Waals surface area contributed by atoms with E-state index in [0.717, 1.165) is 28.3 Å². The Morgan fingerprint density at radius 3 is 1.96 bits per heavy atom. The van der Waals surface area contributed by atoms with E-state index >= 15 is 0 Å². The topological polar surface area (TPSA) is 47.6 Å². The zero-order valence-electron chi connectivity index (χ0n) is 13.5. The van der Waals surface area contributed by atoms with E-state index in [-0.39, 0.29) is 5.91 Å². The van der Waals surface area contributed by atoms with Crippen molar-refractivity contribution >= 4 is 17.2 Å². The van der Waals surface area contributed by atoms with Crippen molar-refractivity contribution < 1.29 is 14.3 Å². The Morgan fingerprint density at radius 2 is 1.43 bits per heavy atom. The summed E-state index contributed by atoms with van der Waals surface area (Å²) in [5.74, 6) is 1.53. The van der Waals surface area contributed by atoms with Gasteiger partial charge in [-0.1, -0.05) is 18.7 Å². The summed E-state index contributed by atoms with van der Waals surface area (Å²) < 4.78 is 10.2. The molecule has 0 fully saturated rings. The van der Waals surface area contributed by atoms with Gasteiger partial charge in [-0.25, -0.2) is 0 Å². The molecule has 0 spiro atoms. The first-order valence-corrected chi connectivity index (χ1v) is 7.38. The summed E-state index contributed by atoms with van der Waals surface area (Å²) in [4.78, 5) is 12.0. The average Bonchev–Trinajstić information content (AvgIpc) is 2.60. The number of carbonyl (C=O) groups excluding carboxylic acids is 1. The molecular weight excluding hydrogens is 290 g/mol. The Hall–Kier alpha value is -2.75. The number of carbonyl (C=O) groups is 1. The summed E-state index contributed by atoms with van der Waals surface area (Å²) in [5.41, 5.74) is 2.70. The summed E-state index contributed by atoms with van der Waals surface area (Å²) in [6.07, 6.45) is 0.991. The van der Waals surface area contributed by atoms with E-state index in [4.69, 9.17) is 9.47 Å². The molecule has 0 unspecified atom stereocenters. The zero-order chi connectivity index (χ0) is 16.7. The van der Waals surface area contributed by atoms with Crippen LogP contribution in [0.4, 0.5) is 5.69 Å². The number of hydrogen-bond donors (Lipinski definition) is 1. The van der Waals surface area contributed by atoms with Crippen molar-refractivity contribution in [3.05, 3.63) is 60.7 Å². The molecule has 0 aliphatic rings. The van der Waals surface area contributed by atoms with Gasteiger partial charge in [0.15, 0.2) is 0 Å². The predicted octanol–water partition coefficient (Wildman–Crippen LogP) is 4.14. The van der Waals surface area contributed by atoms with Gasteiger partial charge in [-0.3, -0.25) is 4.79 Å². The van der Waals surface area contributed by atoms with Crippen LogP contribution in [0, 0.1) is 0 Å². The highest BCUT2D eigenvalue weighted by molar-refractivity contribution is 5.91. The molecule has 23 heavy (non-hydrogen) atoms. The largest absolute Gasteiger partial charge is 0.497 e. The minimum Gasteiger partial charge on any atom is -0.497 e. The van der Waals surface area contributed by atoms with Gasteiger partial charge in [-0.05, 0) is 54.0 Å². The molecule has 0 aliphatic heterocycles. The monoisotopic (exact) mass is 311 g/mol. The number of methoxy groups -OCH3 is 2. The van der Waals surface area contributed by atoms with Gasteiger partial charge in [0.2, 0.25) is 5.91 Å². The molecule has 2 rings (SSSR count). The highest BCUT2D eigenvalue weighted by Crippen LogP contribution is 2.21. The number of rotatable bonds is 7. The molecule has 120 valence electrons. The van der Waals surface area contributed by atoms with E-state index in [1.807, 2.05) is 48.5 Å². The molecule has 0 radical (unpaired) electrons. The maximum Gasteiger partial charge on any atom is 0.224 e. The minimum absolute atomic E-state index is 0.0372. The normalized spacial score (nSPS) is 10.0. The molecule has 0 aromatic heterocycles. The van der Waals surface area contributed by atoms with E-state index in [0.29, 0.717) is 12.8 Å². The van der Waals surface area contributed by atoms with Gasteiger partial charge in [0.1, 0.15) is 11.5 Å². The molecule has 2 aromatic rings. The fraction of sp³-hybridized carbons (Fsp3) is 0.211. The van der Waals surface area contributed by atoms with E-state index in [9.17, 15) is 4.79 Å². The lowest BCUT2D eigenvalue weighted by atomic mass is 10.0. The fourth-order valence-electron chi connectivity index (χ4n) is 2.13. The summed E-state index contributed by atoms with van der Waals surface area (Å²) in [5, 5.41) is 2.86. The van der Waals surface area contributed by atoms with Crippen molar-refractivity contribution in [2.24, 2.45) is 0 Å². The van der Waals surface area contributed by atoms with Gasteiger partial charge >= 0.3 is 0 Å². The maximum absolute atomic E-state index is 12.0. The van der Waals surface area contributed by atoms with Gasteiger partial charge in [0.05, 0.1) is 14.2 Å². The quantitative estimate of drug-likeness (QED) is 0.836. The number of ether oxygens (including phenoxy) is 2. The Labute approximate surface area is 136 Å². The zero-order valence-corrected chi connectivity index (χ0v) is 13.5. The summed E-state index contributed by atoms with van der Waals surface area (Å²) in [7, 11) is 3.24. The van der Waals surface area contributed by atoms with Gasteiger partial charge in [-0.2, -0.15) is 0 Å². The third-order valence-electron chi connectivity index (χ3n) is 3.53. The molecule has 4 nitrogen and oxygen atoms in total. The van der Waals surface area contributed by atoms with Gasteiger partial charge in [-0.15, -0.1) is 0 Å². The average molecular weight is 311 g/mol. The van der Waals surface area contributed by atoms with Gasteiger partial charge < -0.3 is 14.8 Å². The molecule has 4 heteroatoms. The Bertz CT molecular complexity index is 660. The number of anilines is 1. The predicted molar refractivity (Wildman–Crippen MR) is 92.9 cm³/mol. The Balaban J connectivity index is 1.83. The summed E-state index contributed by atoms with van der Waals surface area (Å²) >= 11 is 0. The van der Waals surface area contributed by atoms with Crippen LogP contribution in [0.25, 0.3) is 5.57 Å². The first kappa shape index (κ1) is 16.6. The lowest BCUT2D eigenvalue weighted by Crippen LogP contribution is -2.11. The van der Waals surface area contributed by atoms with Crippen LogP contribution in [-0.4, -0.2) is 20.1 Å². The molecule has 0 bridgehead atoms.